The van der Waals surface area contributed by atoms with Crippen molar-refractivity contribution in [2.75, 3.05) is 11.4 Å². The summed E-state index contributed by atoms with van der Waals surface area (Å²) in [5.74, 6) is -1.87. The van der Waals surface area contributed by atoms with E-state index in [4.69, 9.17) is 4.43 Å². The van der Waals surface area contributed by atoms with Gasteiger partial charge >= 0.3 is 5.97 Å². The first kappa shape index (κ1) is 34.5. The van der Waals surface area contributed by atoms with E-state index in [0.29, 0.717) is 23.2 Å². The van der Waals surface area contributed by atoms with Gasteiger partial charge in [0.25, 0.3) is 5.91 Å². The number of benzene rings is 2. The van der Waals surface area contributed by atoms with Crippen molar-refractivity contribution in [1.82, 2.24) is 5.32 Å². The molecule has 0 aromatic heterocycles. The molecular weight excluding hydrogens is 557 g/mol. The van der Waals surface area contributed by atoms with E-state index in [1.807, 2.05) is 6.07 Å². The third-order valence-electron chi connectivity index (χ3n) is 7.83. The van der Waals surface area contributed by atoms with Crippen LogP contribution in [0.4, 0.5) is 5.69 Å². The first-order valence-corrected chi connectivity index (χ1v) is 18.7. The van der Waals surface area contributed by atoms with Crippen molar-refractivity contribution in [2.24, 2.45) is 11.8 Å². The van der Waals surface area contributed by atoms with Gasteiger partial charge in [-0.2, -0.15) is 0 Å². The Bertz CT molecular complexity index is 1280. The molecule has 3 atom stereocenters. The Kier molecular flexibility index (Phi) is 11.8. The SMILES string of the molecule is CC(C)C[C@H](NC(=O)c1cccc(N(C)S(=O)(=O)Cc2ccccc2)c1)[C@H](C[C@@H](C)C(=O)O)O[Si](C)(C)C(C)(C)C. The molecule has 0 saturated carbocycles. The van der Waals surface area contributed by atoms with E-state index in [1.54, 1.807) is 55.5 Å². The summed E-state index contributed by atoms with van der Waals surface area (Å²) in [5, 5.41) is 12.7. The van der Waals surface area contributed by atoms with Crippen LogP contribution in [0.2, 0.25) is 18.1 Å². The number of rotatable bonds is 14. The summed E-state index contributed by atoms with van der Waals surface area (Å²) in [7, 11) is -4.52. The highest BCUT2D eigenvalue weighted by Gasteiger charge is 2.42. The van der Waals surface area contributed by atoms with Gasteiger partial charge in [-0.3, -0.25) is 13.9 Å². The van der Waals surface area contributed by atoms with E-state index in [-0.39, 0.29) is 29.0 Å². The van der Waals surface area contributed by atoms with Crippen LogP contribution >= 0.6 is 0 Å². The normalized spacial score (nSPS) is 14.8. The average molecular weight is 605 g/mol. The third kappa shape index (κ3) is 9.97. The third-order valence-corrected chi connectivity index (χ3v) is 14.1. The summed E-state index contributed by atoms with van der Waals surface area (Å²) in [5.41, 5.74) is 1.37. The fourth-order valence-electron chi connectivity index (χ4n) is 4.25. The monoisotopic (exact) mass is 604 g/mol. The molecule has 0 spiro atoms. The van der Waals surface area contributed by atoms with Crippen LogP contribution in [0.25, 0.3) is 0 Å². The Morgan fingerprint density at radius 1 is 1.00 bits per heavy atom. The minimum absolute atomic E-state index is 0.103. The maximum absolute atomic E-state index is 13.6. The molecule has 1 amide bonds. The predicted molar refractivity (Wildman–Crippen MR) is 168 cm³/mol. The molecule has 2 N–H and O–H groups in total. The Balaban J connectivity index is 2.36. The Morgan fingerprint density at radius 2 is 1.61 bits per heavy atom. The van der Waals surface area contributed by atoms with Gasteiger partial charge in [0, 0.05) is 12.6 Å². The summed E-state index contributed by atoms with van der Waals surface area (Å²) in [6.45, 7) is 16.4. The van der Waals surface area contributed by atoms with Crippen LogP contribution in [-0.4, -0.2) is 52.9 Å². The van der Waals surface area contributed by atoms with Crippen molar-refractivity contribution in [2.45, 2.75) is 90.4 Å². The fraction of sp³-hybridized carbons (Fsp3) is 0.548. The minimum Gasteiger partial charge on any atom is -0.481 e. The fourth-order valence-corrected chi connectivity index (χ4v) is 6.86. The molecule has 0 unspecified atom stereocenters. The van der Waals surface area contributed by atoms with Gasteiger partial charge in [-0.1, -0.05) is 77.9 Å². The molecule has 0 heterocycles. The van der Waals surface area contributed by atoms with Gasteiger partial charge in [-0.25, -0.2) is 8.42 Å². The number of carboxylic acid groups (broad SMARTS) is 1. The lowest BCUT2D eigenvalue weighted by molar-refractivity contribution is -0.142. The van der Waals surface area contributed by atoms with Crippen molar-refractivity contribution in [3.63, 3.8) is 0 Å². The van der Waals surface area contributed by atoms with Gasteiger partial charge in [-0.05, 0) is 60.7 Å². The molecule has 0 bridgehead atoms. The molecule has 0 aliphatic heterocycles. The van der Waals surface area contributed by atoms with E-state index in [1.165, 1.54) is 11.4 Å². The topological polar surface area (TPSA) is 113 Å². The highest BCUT2D eigenvalue weighted by molar-refractivity contribution is 7.92. The number of aliphatic carboxylic acids is 1. The number of carbonyl (C=O) groups is 2. The lowest BCUT2D eigenvalue weighted by Crippen LogP contribution is -2.53. The Hall–Kier alpha value is -2.69. The lowest BCUT2D eigenvalue weighted by atomic mass is 9.92. The average Bonchev–Trinajstić information content (AvgIpc) is 2.86. The molecule has 10 heteroatoms. The molecule has 41 heavy (non-hydrogen) atoms. The molecule has 2 rings (SSSR count). The second kappa shape index (κ2) is 14.0. The van der Waals surface area contributed by atoms with Crippen LogP contribution in [0, 0.1) is 11.8 Å². The number of nitrogens with zero attached hydrogens (tertiary/aromatic N) is 1. The summed E-state index contributed by atoms with van der Waals surface area (Å²) < 4.78 is 34.2. The maximum Gasteiger partial charge on any atom is 0.306 e. The van der Waals surface area contributed by atoms with Gasteiger partial charge < -0.3 is 14.8 Å². The first-order valence-electron chi connectivity index (χ1n) is 14.2. The van der Waals surface area contributed by atoms with Gasteiger partial charge in [0.05, 0.1) is 29.5 Å². The molecular formula is C31H48N2O6SSi. The standard InChI is InChI=1S/C31H48N2O6SSi/c1-22(2)18-27(28(19-23(3)30(35)36)39-41(8,9)31(4,5)6)32-29(34)25-16-13-17-26(20-25)33(7)40(37,38)21-24-14-11-10-12-15-24/h10-17,20,22-23,27-28H,18-19,21H2,1-9H3,(H,32,34)(H,35,36)/t23-,27+,28+/m1/s1. The molecule has 0 saturated heterocycles. The van der Waals surface area contributed by atoms with Gasteiger partial charge in [0.15, 0.2) is 8.32 Å². The van der Waals surface area contributed by atoms with Gasteiger partial charge in [-0.15, -0.1) is 0 Å². The molecule has 2 aromatic rings. The predicted octanol–water partition coefficient (Wildman–Crippen LogP) is 6.30. The second-order valence-electron chi connectivity index (χ2n) is 12.9. The van der Waals surface area contributed by atoms with E-state index >= 15 is 0 Å². The van der Waals surface area contributed by atoms with E-state index in [0.717, 1.165) is 0 Å². The van der Waals surface area contributed by atoms with Crippen molar-refractivity contribution in [3.8, 4) is 0 Å². The van der Waals surface area contributed by atoms with Crippen LogP contribution in [0.5, 0.6) is 0 Å². The minimum atomic E-state index is -3.69. The number of anilines is 1. The molecule has 0 aliphatic rings. The summed E-state index contributed by atoms with van der Waals surface area (Å²) >= 11 is 0. The van der Waals surface area contributed by atoms with Gasteiger partial charge in [0.2, 0.25) is 10.0 Å². The largest absolute Gasteiger partial charge is 0.481 e. The highest BCUT2D eigenvalue weighted by atomic mass is 32.2. The summed E-state index contributed by atoms with van der Waals surface area (Å²) in [4.78, 5) is 25.4. The van der Waals surface area contributed by atoms with Crippen molar-refractivity contribution in [1.29, 1.82) is 0 Å². The number of amides is 1. The molecule has 0 radical (unpaired) electrons. The molecule has 0 aliphatic carbocycles. The van der Waals surface area contributed by atoms with E-state index in [2.05, 4.69) is 53.0 Å². The number of hydrogen-bond donors (Lipinski definition) is 2. The number of carboxylic acids is 1. The van der Waals surface area contributed by atoms with Crippen LogP contribution in [0.1, 0.15) is 70.3 Å². The Morgan fingerprint density at radius 3 is 2.15 bits per heavy atom. The zero-order valence-corrected chi connectivity index (χ0v) is 27.8. The van der Waals surface area contributed by atoms with Crippen molar-refractivity contribution in [3.05, 3.63) is 65.7 Å². The van der Waals surface area contributed by atoms with Crippen LogP contribution in [-0.2, 0) is 25.0 Å². The molecule has 228 valence electrons. The highest BCUT2D eigenvalue weighted by Crippen LogP contribution is 2.39. The number of carbonyl (C=O) groups excluding carboxylic acids is 1. The second-order valence-corrected chi connectivity index (χ2v) is 19.6. The molecule has 8 nitrogen and oxygen atoms in total. The van der Waals surface area contributed by atoms with Crippen molar-refractivity contribution >= 4 is 35.9 Å². The first-order chi connectivity index (χ1) is 18.8. The molecule has 0 fully saturated rings. The maximum atomic E-state index is 13.6. The van der Waals surface area contributed by atoms with Gasteiger partial charge in [0.1, 0.15) is 0 Å². The smallest absolute Gasteiger partial charge is 0.306 e. The Labute approximate surface area is 247 Å². The zero-order chi connectivity index (χ0) is 31.2. The van der Waals surface area contributed by atoms with Crippen LogP contribution in [0.15, 0.2) is 54.6 Å². The lowest BCUT2D eigenvalue weighted by Gasteiger charge is -2.42. The summed E-state index contributed by atoms with van der Waals surface area (Å²) in [6.07, 6.45) is 0.369. The van der Waals surface area contributed by atoms with Crippen molar-refractivity contribution < 1.29 is 27.5 Å². The number of sulfonamides is 1. The molecule has 2 aromatic carbocycles. The van der Waals surface area contributed by atoms with E-state index in [9.17, 15) is 23.1 Å². The number of nitrogens with one attached hydrogen (secondary N) is 1. The van der Waals surface area contributed by atoms with Crippen LogP contribution in [0.3, 0.4) is 0 Å². The summed E-state index contributed by atoms with van der Waals surface area (Å²) in [6, 6.07) is 15.0. The number of hydrogen-bond acceptors (Lipinski definition) is 5. The van der Waals surface area contributed by atoms with E-state index < -0.39 is 42.4 Å². The van der Waals surface area contributed by atoms with Crippen LogP contribution < -0.4 is 9.62 Å². The quantitative estimate of drug-likeness (QED) is 0.245. The zero-order valence-electron chi connectivity index (χ0n) is 26.0.